The summed E-state index contributed by atoms with van der Waals surface area (Å²) in [6, 6.07) is 5.11. The number of rotatable bonds is 14. The van der Waals surface area contributed by atoms with Gasteiger partial charge in [-0.15, -0.1) is 13.2 Å². The maximum Gasteiger partial charge on any atom is 0.312 e. The van der Waals surface area contributed by atoms with Crippen LogP contribution in [0.3, 0.4) is 0 Å². The van der Waals surface area contributed by atoms with Crippen molar-refractivity contribution in [3.8, 4) is 5.75 Å². The summed E-state index contributed by atoms with van der Waals surface area (Å²) in [6.07, 6.45) is 2.99. The highest BCUT2D eigenvalue weighted by Gasteiger charge is 2.77. The highest BCUT2D eigenvalue weighted by Crippen LogP contribution is 2.60. The van der Waals surface area contributed by atoms with Crippen LogP contribution in [0, 0.1) is 11.8 Å². The Kier molecular flexibility index (Phi) is 10.3. The first-order valence-corrected chi connectivity index (χ1v) is 15.3. The van der Waals surface area contributed by atoms with E-state index in [0.29, 0.717) is 24.3 Å². The van der Waals surface area contributed by atoms with E-state index in [-0.39, 0.29) is 36.9 Å². The maximum absolute atomic E-state index is 14.5. The van der Waals surface area contributed by atoms with Gasteiger partial charge in [0, 0.05) is 23.5 Å². The van der Waals surface area contributed by atoms with Gasteiger partial charge in [-0.2, -0.15) is 0 Å². The lowest BCUT2D eigenvalue weighted by atomic mass is 9.70. The zero-order chi connectivity index (χ0) is 31.5. The number of anilines is 1. The number of nitrogens with zero attached hydrogens (tertiary/aromatic N) is 2. The normalized spacial score (nSPS) is 28.5. The number of likely N-dealkylation sites (tertiary alicyclic amines) is 1. The van der Waals surface area contributed by atoms with E-state index >= 15 is 0 Å². The molecule has 1 spiro atoms. The first kappa shape index (κ1) is 32.7. The number of methoxy groups -OCH3 is 1. The molecule has 43 heavy (non-hydrogen) atoms. The number of amides is 3. The van der Waals surface area contributed by atoms with Gasteiger partial charge in [0.05, 0.1) is 44.2 Å². The molecular formula is C31H40BrN3O8. The molecule has 3 saturated heterocycles. The third-order valence-electron chi connectivity index (χ3n) is 8.41. The number of carbonyl (C=O) groups excluding carboxylic acids is 4. The largest absolute Gasteiger partial charge is 0.497 e. The minimum atomic E-state index is -1.33. The number of hydrogen-bond acceptors (Lipinski definition) is 8. The highest BCUT2D eigenvalue weighted by molar-refractivity contribution is 9.09. The minimum Gasteiger partial charge on any atom is -0.497 e. The van der Waals surface area contributed by atoms with Gasteiger partial charge >= 0.3 is 5.97 Å². The number of alkyl halides is 1. The maximum atomic E-state index is 14.5. The Labute approximate surface area is 260 Å². The number of allylic oxidation sites excluding steroid dienone is 1. The van der Waals surface area contributed by atoms with Gasteiger partial charge in [-0.05, 0) is 51.0 Å². The lowest BCUT2D eigenvalue weighted by molar-refractivity contribution is -0.159. The molecule has 0 radical (unpaired) electrons. The number of halogens is 1. The van der Waals surface area contributed by atoms with Crippen LogP contribution in [-0.2, 0) is 28.7 Å². The molecule has 2 bridgehead atoms. The number of aliphatic hydroxyl groups excluding tert-OH is 1. The van der Waals surface area contributed by atoms with Crippen molar-refractivity contribution < 1.29 is 38.5 Å². The smallest absolute Gasteiger partial charge is 0.312 e. The van der Waals surface area contributed by atoms with Crippen LogP contribution < -0.4 is 15.0 Å². The molecule has 2 N–H and O–H groups in total. The van der Waals surface area contributed by atoms with Crippen molar-refractivity contribution >= 4 is 45.3 Å². The molecular weight excluding hydrogens is 622 g/mol. The monoisotopic (exact) mass is 661 g/mol. The second-order valence-corrected chi connectivity index (χ2v) is 12.4. The number of esters is 1. The number of ether oxygens (including phenoxy) is 3. The van der Waals surface area contributed by atoms with E-state index in [0.717, 1.165) is 0 Å². The third kappa shape index (κ3) is 6.09. The van der Waals surface area contributed by atoms with Crippen LogP contribution in [0.25, 0.3) is 0 Å². The Morgan fingerprint density at radius 1 is 1.26 bits per heavy atom. The van der Waals surface area contributed by atoms with Gasteiger partial charge < -0.3 is 34.4 Å². The van der Waals surface area contributed by atoms with Crippen LogP contribution in [0.2, 0.25) is 0 Å². The zero-order valence-corrected chi connectivity index (χ0v) is 26.3. The quantitative estimate of drug-likeness (QED) is 0.176. The van der Waals surface area contributed by atoms with Crippen LogP contribution >= 0.6 is 15.9 Å². The molecule has 3 heterocycles. The first-order valence-electron chi connectivity index (χ1n) is 14.4. The van der Waals surface area contributed by atoms with Crippen LogP contribution in [0.4, 0.5) is 5.69 Å². The molecule has 3 amide bonds. The predicted octanol–water partition coefficient (Wildman–Crippen LogP) is 2.36. The number of fused-ring (bicyclic) bond motifs is 1. The topological polar surface area (TPSA) is 135 Å². The summed E-state index contributed by atoms with van der Waals surface area (Å²) in [5.74, 6) is -3.03. The highest BCUT2D eigenvalue weighted by atomic mass is 79.9. The molecule has 0 aliphatic carbocycles. The fourth-order valence-electron chi connectivity index (χ4n) is 6.44. The number of nitrogens with one attached hydrogen (secondary N) is 1. The fraction of sp³-hybridized carbons (Fsp3) is 0.548. The minimum absolute atomic E-state index is 0.106. The summed E-state index contributed by atoms with van der Waals surface area (Å²) in [6.45, 7) is 10.6. The molecule has 1 aromatic carbocycles. The van der Waals surface area contributed by atoms with Gasteiger partial charge in [-0.3, -0.25) is 19.2 Å². The summed E-state index contributed by atoms with van der Waals surface area (Å²) in [5, 5.41) is 12.9. The van der Waals surface area contributed by atoms with Crippen molar-refractivity contribution in [1.82, 2.24) is 10.2 Å². The van der Waals surface area contributed by atoms with Gasteiger partial charge in [-0.25, -0.2) is 0 Å². The lowest BCUT2D eigenvalue weighted by Gasteiger charge is -2.38. The van der Waals surface area contributed by atoms with Crippen molar-refractivity contribution in [2.45, 2.75) is 67.8 Å². The summed E-state index contributed by atoms with van der Waals surface area (Å²) in [5.41, 5.74) is -0.758. The van der Waals surface area contributed by atoms with Gasteiger partial charge in [-0.1, -0.05) is 28.1 Å². The molecule has 8 atom stereocenters. The van der Waals surface area contributed by atoms with Gasteiger partial charge in [0.15, 0.2) is 0 Å². The molecule has 3 fully saturated rings. The molecule has 1 aromatic rings. The first-order chi connectivity index (χ1) is 20.5. The number of hydrogen-bond donors (Lipinski definition) is 2. The van der Waals surface area contributed by atoms with Gasteiger partial charge in [0.1, 0.15) is 23.5 Å². The Balaban J connectivity index is 1.64. The van der Waals surface area contributed by atoms with E-state index in [4.69, 9.17) is 14.2 Å². The summed E-state index contributed by atoms with van der Waals surface area (Å²) >= 11 is 3.64. The van der Waals surface area contributed by atoms with Crippen molar-refractivity contribution in [1.29, 1.82) is 0 Å². The second kappa shape index (κ2) is 13.6. The molecule has 0 aromatic heterocycles. The lowest BCUT2D eigenvalue weighted by Crippen LogP contribution is -2.58. The van der Waals surface area contributed by atoms with Crippen molar-refractivity contribution in [2.24, 2.45) is 11.8 Å². The Hall–Kier alpha value is -3.22. The predicted molar refractivity (Wildman–Crippen MR) is 163 cm³/mol. The summed E-state index contributed by atoms with van der Waals surface area (Å²) in [4.78, 5) is 56.9. The Morgan fingerprint density at radius 3 is 2.56 bits per heavy atom. The molecule has 12 heteroatoms. The SMILES string of the molecule is C=CCCC(=O)NC[C@@H](C)OC(=O)[C@@H]1[C@H]2O[C@@]3(CC2Br)[C@H](C(=O)N(CC=C)c2ccc(OC)cc2)N([C@H](C)CO)C(=O)[C@@H]13. The van der Waals surface area contributed by atoms with E-state index in [1.54, 1.807) is 57.4 Å². The van der Waals surface area contributed by atoms with Gasteiger partial charge in [0.2, 0.25) is 11.8 Å². The van der Waals surface area contributed by atoms with Crippen LogP contribution in [0.15, 0.2) is 49.6 Å². The molecule has 3 aliphatic rings. The standard InChI is InChI=1S/C31H40BrN3O8/c1-6-8-9-23(37)33-16-19(4)42-30(40)24-25-28(38)35(18(3)17-36)27(31(25)15-22(32)26(24)43-31)29(39)34(14-7-2)20-10-12-21(41-5)13-11-20/h6-7,10-13,18-19,22,24-27,36H,1-2,8-9,14-17H2,3-5H3,(H,33,37)/t18-,19-,22?,24+,25-,26+,27+,31-/m1/s1. The van der Waals surface area contributed by atoms with Crippen LogP contribution in [0.1, 0.15) is 33.1 Å². The molecule has 0 saturated carbocycles. The number of aliphatic hydroxyl groups is 1. The Bertz CT molecular complexity index is 1240. The van der Waals surface area contributed by atoms with E-state index in [2.05, 4.69) is 34.4 Å². The van der Waals surface area contributed by atoms with E-state index < -0.39 is 59.5 Å². The van der Waals surface area contributed by atoms with Crippen molar-refractivity contribution in [2.75, 3.05) is 31.7 Å². The van der Waals surface area contributed by atoms with E-state index in [1.807, 2.05) is 0 Å². The average molecular weight is 663 g/mol. The van der Waals surface area contributed by atoms with Crippen molar-refractivity contribution in [3.05, 3.63) is 49.6 Å². The van der Waals surface area contributed by atoms with Gasteiger partial charge in [0.25, 0.3) is 5.91 Å². The van der Waals surface area contributed by atoms with Crippen LogP contribution in [-0.4, -0.2) is 95.2 Å². The second-order valence-electron chi connectivity index (χ2n) is 11.3. The molecule has 3 aliphatic heterocycles. The Morgan fingerprint density at radius 2 is 1.95 bits per heavy atom. The molecule has 11 nitrogen and oxygen atoms in total. The molecule has 1 unspecified atom stereocenters. The van der Waals surface area contributed by atoms with E-state index in [1.165, 1.54) is 9.80 Å². The molecule has 4 rings (SSSR count). The average Bonchev–Trinajstić information content (AvgIpc) is 3.60. The zero-order valence-electron chi connectivity index (χ0n) is 24.7. The summed E-state index contributed by atoms with van der Waals surface area (Å²) < 4.78 is 17.5. The van der Waals surface area contributed by atoms with Crippen LogP contribution in [0.5, 0.6) is 5.75 Å². The number of carbonyl (C=O) groups is 4. The van der Waals surface area contributed by atoms with E-state index in [9.17, 15) is 24.3 Å². The number of benzene rings is 1. The fourth-order valence-corrected chi connectivity index (χ4v) is 7.38. The third-order valence-corrected chi connectivity index (χ3v) is 9.26. The summed E-state index contributed by atoms with van der Waals surface area (Å²) in [7, 11) is 1.55. The molecule has 234 valence electrons. The van der Waals surface area contributed by atoms with Crippen molar-refractivity contribution in [3.63, 3.8) is 0 Å².